The molecule has 12 heteroatoms. The fraction of sp³-hybridized carbons (Fsp3) is 0.292. The number of halogens is 1. The Bertz CT molecular complexity index is 1400. The van der Waals surface area contributed by atoms with E-state index in [4.69, 9.17) is 21.3 Å². The molecular formula is C24H24ClN7O4. The van der Waals surface area contributed by atoms with Gasteiger partial charge in [0.25, 0.3) is 5.91 Å². The monoisotopic (exact) mass is 509 g/mol. The molecule has 4 N–H and O–H groups in total. The van der Waals surface area contributed by atoms with Crippen molar-refractivity contribution >= 4 is 34.5 Å². The Hall–Kier alpha value is -3.64. The summed E-state index contributed by atoms with van der Waals surface area (Å²) in [5, 5.41) is 27.4. The molecule has 0 saturated carbocycles. The molecule has 1 saturated heterocycles. The Labute approximate surface area is 211 Å². The van der Waals surface area contributed by atoms with Crippen molar-refractivity contribution < 1.29 is 19.7 Å². The summed E-state index contributed by atoms with van der Waals surface area (Å²) in [5.74, 6) is 0.215. The molecule has 1 aliphatic rings. The van der Waals surface area contributed by atoms with Crippen molar-refractivity contribution in [3.05, 3.63) is 65.7 Å². The number of likely N-dealkylation sites (N-methyl/N-ethyl adjacent to an activating group) is 1. The highest BCUT2D eigenvalue weighted by Crippen LogP contribution is 2.34. The van der Waals surface area contributed by atoms with Crippen molar-refractivity contribution in [1.82, 2.24) is 29.8 Å². The zero-order valence-electron chi connectivity index (χ0n) is 19.4. The van der Waals surface area contributed by atoms with Crippen LogP contribution in [-0.4, -0.2) is 66.0 Å². The molecule has 0 radical (unpaired) electrons. The van der Waals surface area contributed by atoms with E-state index in [0.717, 1.165) is 5.56 Å². The molecule has 0 unspecified atom stereocenters. The predicted molar refractivity (Wildman–Crippen MR) is 132 cm³/mol. The lowest BCUT2D eigenvalue weighted by atomic mass is 10.1. The van der Waals surface area contributed by atoms with Gasteiger partial charge in [-0.1, -0.05) is 41.9 Å². The number of fused-ring (bicyclic) bond motifs is 1. The third-order valence-corrected chi connectivity index (χ3v) is 6.26. The number of benzene rings is 1. The second kappa shape index (κ2) is 9.78. The summed E-state index contributed by atoms with van der Waals surface area (Å²) in [6.45, 7) is 2.00. The summed E-state index contributed by atoms with van der Waals surface area (Å²) < 4.78 is 7.22. The van der Waals surface area contributed by atoms with Crippen LogP contribution in [0.2, 0.25) is 5.02 Å². The van der Waals surface area contributed by atoms with Crippen LogP contribution in [0.4, 0.5) is 5.82 Å². The van der Waals surface area contributed by atoms with Crippen LogP contribution in [0.5, 0.6) is 0 Å². The van der Waals surface area contributed by atoms with Gasteiger partial charge in [0, 0.05) is 25.0 Å². The number of carbonyl (C=O) groups excluding carboxylic acids is 1. The molecule has 0 spiro atoms. The van der Waals surface area contributed by atoms with Gasteiger partial charge in [-0.05, 0) is 18.6 Å². The topological polar surface area (TPSA) is 147 Å². The molecule has 1 fully saturated rings. The van der Waals surface area contributed by atoms with Crippen LogP contribution in [0.3, 0.4) is 0 Å². The molecule has 4 aromatic rings. The maximum absolute atomic E-state index is 12.1. The summed E-state index contributed by atoms with van der Waals surface area (Å²) in [6.07, 6.45) is -0.645. The van der Waals surface area contributed by atoms with E-state index in [1.54, 1.807) is 12.3 Å². The van der Waals surface area contributed by atoms with Gasteiger partial charge in [0.05, 0.1) is 17.4 Å². The summed E-state index contributed by atoms with van der Waals surface area (Å²) in [7, 11) is 1.43. The van der Waals surface area contributed by atoms with E-state index in [-0.39, 0.29) is 6.04 Å². The van der Waals surface area contributed by atoms with E-state index in [2.05, 4.69) is 25.6 Å². The van der Waals surface area contributed by atoms with E-state index in [1.165, 1.54) is 24.1 Å². The van der Waals surface area contributed by atoms with Gasteiger partial charge in [-0.25, -0.2) is 15.0 Å². The van der Waals surface area contributed by atoms with E-state index >= 15 is 0 Å². The Morgan fingerprint density at radius 2 is 1.94 bits per heavy atom. The SMILES string of the molecule is CNC(=O)[C@H]1O[C@@H](n2cnc3c(N[C@H](C)c4ccccc4)nc(-c4cncc(Cl)c4)nc32)[C@H](O)[C@@H]1O. The lowest BCUT2D eigenvalue weighted by Gasteiger charge is -2.18. The average Bonchev–Trinajstić information content (AvgIpc) is 3.45. The maximum atomic E-state index is 12.1. The van der Waals surface area contributed by atoms with Gasteiger partial charge in [0.1, 0.15) is 12.2 Å². The number of imidazole rings is 1. The van der Waals surface area contributed by atoms with Crippen LogP contribution in [0.1, 0.15) is 24.8 Å². The number of hydrogen-bond donors (Lipinski definition) is 4. The number of hydrogen-bond acceptors (Lipinski definition) is 9. The smallest absolute Gasteiger partial charge is 0.251 e. The minimum Gasteiger partial charge on any atom is -0.387 e. The standard InChI is InChI=1S/C24H24ClN7O4/c1-12(13-6-4-3-5-7-13)29-21-16-22(31-20(30-21)14-8-15(25)10-27-9-14)32(11-28-16)24-18(34)17(33)19(36-24)23(35)26-2/h3-12,17-19,24,33-34H,1-2H3,(H,26,35)(H,29,30,31)/t12-,17+,18-,19+,24-/m1/s1. The van der Waals surface area contributed by atoms with E-state index < -0.39 is 30.4 Å². The van der Waals surface area contributed by atoms with Crippen molar-refractivity contribution in [2.24, 2.45) is 0 Å². The van der Waals surface area contributed by atoms with Crippen molar-refractivity contribution in [1.29, 1.82) is 0 Å². The summed E-state index contributed by atoms with van der Waals surface area (Å²) in [5.41, 5.74) is 2.37. The number of anilines is 1. The fourth-order valence-corrected chi connectivity index (χ4v) is 4.32. The van der Waals surface area contributed by atoms with Crippen LogP contribution in [0.25, 0.3) is 22.6 Å². The predicted octanol–water partition coefficient (Wildman–Crippen LogP) is 2.08. The Morgan fingerprint density at radius 1 is 1.17 bits per heavy atom. The van der Waals surface area contributed by atoms with Gasteiger partial charge < -0.3 is 25.6 Å². The molecule has 11 nitrogen and oxygen atoms in total. The highest BCUT2D eigenvalue weighted by Gasteiger charge is 2.47. The molecule has 5 atom stereocenters. The lowest BCUT2D eigenvalue weighted by molar-refractivity contribution is -0.137. The molecule has 186 valence electrons. The zero-order chi connectivity index (χ0) is 25.4. The zero-order valence-corrected chi connectivity index (χ0v) is 20.2. The fourth-order valence-electron chi connectivity index (χ4n) is 4.15. The Kier molecular flexibility index (Phi) is 6.54. The van der Waals surface area contributed by atoms with E-state index in [1.807, 2.05) is 37.3 Å². The quantitative estimate of drug-likeness (QED) is 0.306. The molecular weight excluding hydrogens is 486 g/mol. The number of carbonyl (C=O) groups is 1. The van der Waals surface area contributed by atoms with Crippen molar-refractivity contribution in [3.63, 3.8) is 0 Å². The molecule has 5 rings (SSSR count). The van der Waals surface area contributed by atoms with Crippen LogP contribution >= 0.6 is 11.6 Å². The molecule has 1 aromatic carbocycles. The minimum absolute atomic E-state index is 0.118. The second-order valence-electron chi connectivity index (χ2n) is 8.43. The number of amides is 1. The molecule has 0 bridgehead atoms. The number of nitrogens with one attached hydrogen (secondary N) is 2. The molecule has 36 heavy (non-hydrogen) atoms. The summed E-state index contributed by atoms with van der Waals surface area (Å²) >= 11 is 6.16. The van der Waals surface area contributed by atoms with Gasteiger partial charge in [0.15, 0.2) is 35.1 Å². The largest absolute Gasteiger partial charge is 0.387 e. The van der Waals surface area contributed by atoms with Crippen molar-refractivity contribution in [2.75, 3.05) is 12.4 Å². The molecule has 3 aromatic heterocycles. The lowest BCUT2D eigenvalue weighted by Crippen LogP contribution is -2.41. The first-order chi connectivity index (χ1) is 17.4. The van der Waals surface area contributed by atoms with Crippen molar-refractivity contribution in [3.8, 4) is 11.4 Å². The van der Waals surface area contributed by atoms with Gasteiger partial charge in [-0.15, -0.1) is 0 Å². The highest BCUT2D eigenvalue weighted by molar-refractivity contribution is 6.30. The van der Waals surface area contributed by atoms with Gasteiger partial charge in [-0.3, -0.25) is 14.3 Å². The van der Waals surface area contributed by atoms with Crippen LogP contribution in [-0.2, 0) is 9.53 Å². The molecule has 4 heterocycles. The van der Waals surface area contributed by atoms with E-state index in [9.17, 15) is 15.0 Å². The minimum atomic E-state index is -1.43. The Morgan fingerprint density at radius 3 is 2.67 bits per heavy atom. The van der Waals surface area contributed by atoms with Crippen molar-refractivity contribution in [2.45, 2.75) is 37.5 Å². The molecule has 1 aliphatic heterocycles. The number of rotatable bonds is 6. The first-order valence-corrected chi connectivity index (χ1v) is 11.7. The number of aliphatic hydroxyl groups excluding tert-OH is 2. The number of pyridine rings is 1. The number of aromatic nitrogens is 5. The van der Waals surface area contributed by atoms with Gasteiger partial charge in [0.2, 0.25) is 0 Å². The third kappa shape index (κ3) is 4.37. The third-order valence-electron chi connectivity index (χ3n) is 6.05. The molecule has 1 amide bonds. The maximum Gasteiger partial charge on any atom is 0.251 e. The molecule has 0 aliphatic carbocycles. The van der Waals surface area contributed by atoms with Gasteiger partial charge >= 0.3 is 0 Å². The Balaban J connectivity index is 1.61. The van der Waals surface area contributed by atoms with E-state index in [0.29, 0.717) is 33.4 Å². The highest BCUT2D eigenvalue weighted by atomic mass is 35.5. The average molecular weight is 510 g/mol. The number of aliphatic hydroxyl groups is 2. The van der Waals surface area contributed by atoms with Crippen LogP contribution < -0.4 is 10.6 Å². The summed E-state index contributed by atoms with van der Waals surface area (Å²) in [4.78, 5) is 30.1. The second-order valence-corrected chi connectivity index (χ2v) is 8.87. The normalized spacial score (nSPS) is 22.5. The summed E-state index contributed by atoms with van der Waals surface area (Å²) in [6, 6.07) is 11.4. The van der Waals surface area contributed by atoms with Crippen LogP contribution in [0, 0.1) is 0 Å². The van der Waals surface area contributed by atoms with Gasteiger partial charge in [-0.2, -0.15) is 0 Å². The number of nitrogens with zero attached hydrogens (tertiary/aromatic N) is 5. The first kappa shape index (κ1) is 24.1. The van der Waals surface area contributed by atoms with Crippen LogP contribution in [0.15, 0.2) is 55.1 Å². The first-order valence-electron chi connectivity index (χ1n) is 11.3. The number of ether oxygens (including phenoxy) is 1.